The molecular formula is C11H21NO2. The van der Waals surface area contributed by atoms with Crippen molar-refractivity contribution >= 4 is 6.09 Å². The second kappa shape index (κ2) is 4.67. The van der Waals surface area contributed by atoms with Crippen molar-refractivity contribution in [1.29, 1.82) is 0 Å². The van der Waals surface area contributed by atoms with Gasteiger partial charge in [-0.15, -0.1) is 0 Å². The Morgan fingerprint density at radius 3 is 2.57 bits per heavy atom. The summed E-state index contributed by atoms with van der Waals surface area (Å²) in [6.07, 6.45) is 4.25. The first-order valence-electron chi connectivity index (χ1n) is 5.50. The molecule has 1 fully saturated rings. The molecule has 1 saturated carbocycles. The minimum absolute atomic E-state index is 0.0429. The van der Waals surface area contributed by atoms with Crippen LogP contribution in [0.2, 0.25) is 0 Å². The standard InChI is InChI=1S/C11H21NO2/c1-4-14-10(13)12-11(3)7-5-9(2)6-8-11/h9H,4-8H2,1-3H3,(H,12,13). The van der Waals surface area contributed by atoms with Gasteiger partial charge in [-0.3, -0.25) is 0 Å². The van der Waals surface area contributed by atoms with E-state index in [1.165, 1.54) is 12.8 Å². The molecule has 0 saturated heterocycles. The Kier molecular flexibility index (Phi) is 3.78. The van der Waals surface area contributed by atoms with Gasteiger partial charge in [0.15, 0.2) is 0 Å². The number of hydrogen-bond donors (Lipinski definition) is 1. The molecular weight excluding hydrogens is 178 g/mol. The van der Waals surface area contributed by atoms with Crippen LogP contribution in [0.3, 0.4) is 0 Å². The van der Waals surface area contributed by atoms with E-state index >= 15 is 0 Å². The molecule has 0 aliphatic heterocycles. The molecule has 0 spiro atoms. The van der Waals surface area contributed by atoms with Crippen molar-refractivity contribution in [3.8, 4) is 0 Å². The van der Waals surface area contributed by atoms with Gasteiger partial charge in [-0.05, 0) is 45.4 Å². The fourth-order valence-electron chi connectivity index (χ4n) is 1.94. The van der Waals surface area contributed by atoms with Gasteiger partial charge in [0.25, 0.3) is 0 Å². The normalized spacial score (nSPS) is 32.4. The predicted molar refractivity (Wildman–Crippen MR) is 56.2 cm³/mol. The lowest BCUT2D eigenvalue weighted by Crippen LogP contribution is -2.48. The highest BCUT2D eigenvalue weighted by molar-refractivity contribution is 5.68. The van der Waals surface area contributed by atoms with Crippen LogP contribution >= 0.6 is 0 Å². The highest BCUT2D eigenvalue weighted by atomic mass is 16.5. The molecule has 0 bridgehead atoms. The summed E-state index contributed by atoms with van der Waals surface area (Å²) in [5.41, 5.74) is -0.0429. The molecule has 0 radical (unpaired) electrons. The third kappa shape index (κ3) is 3.20. The number of alkyl carbamates (subject to hydrolysis) is 1. The van der Waals surface area contributed by atoms with Crippen molar-refractivity contribution in [2.45, 2.75) is 52.0 Å². The van der Waals surface area contributed by atoms with Gasteiger partial charge in [0, 0.05) is 5.54 Å². The maximum atomic E-state index is 11.3. The molecule has 1 amide bonds. The van der Waals surface area contributed by atoms with Crippen molar-refractivity contribution < 1.29 is 9.53 Å². The molecule has 0 unspecified atom stereocenters. The molecule has 0 aromatic rings. The molecule has 1 rings (SSSR count). The molecule has 0 atom stereocenters. The monoisotopic (exact) mass is 199 g/mol. The van der Waals surface area contributed by atoms with E-state index in [2.05, 4.69) is 19.2 Å². The van der Waals surface area contributed by atoms with Crippen LogP contribution in [0.15, 0.2) is 0 Å². The van der Waals surface area contributed by atoms with Gasteiger partial charge >= 0.3 is 6.09 Å². The number of carbonyl (C=O) groups is 1. The van der Waals surface area contributed by atoms with Crippen molar-refractivity contribution in [2.24, 2.45) is 5.92 Å². The molecule has 1 N–H and O–H groups in total. The second-order valence-corrected chi connectivity index (χ2v) is 4.59. The van der Waals surface area contributed by atoms with Crippen LogP contribution in [-0.2, 0) is 4.74 Å². The van der Waals surface area contributed by atoms with E-state index in [-0.39, 0.29) is 11.6 Å². The Labute approximate surface area is 86.2 Å². The summed E-state index contributed by atoms with van der Waals surface area (Å²) in [7, 11) is 0. The summed E-state index contributed by atoms with van der Waals surface area (Å²) >= 11 is 0. The Bertz CT molecular complexity index is 195. The van der Waals surface area contributed by atoms with Crippen LogP contribution in [0.4, 0.5) is 4.79 Å². The molecule has 1 aliphatic rings. The molecule has 0 aromatic carbocycles. The first-order chi connectivity index (χ1) is 6.56. The summed E-state index contributed by atoms with van der Waals surface area (Å²) in [6.45, 7) is 6.64. The zero-order valence-corrected chi connectivity index (χ0v) is 9.43. The fraction of sp³-hybridized carbons (Fsp3) is 0.909. The summed E-state index contributed by atoms with van der Waals surface area (Å²) in [5, 5.41) is 2.96. The van der Waals surface area contributed by atoms with Gasteiger partial charge in [0.1, 0.15) is 0 Å². The fourth-order valence-corrected chi connectivity index (χ4v) is 1.94. The average Bonchev–Trinajstić information content (AvgIpc) is 2.11. The van der Waals surface area contributed by atoms with Crippen LogP contribution in [0, 0.1) is 5.92 Å². The number of rotatable bonds is 2. The first-order valence-corrected chi connectivity index (χ1v) is 5.50. The molecule has 3 heteroatoms. The lowest BCUT2D eigenvalue weighted by molar-refractivity contribution is 0.127. The van der Waals surface area contributed by atoms with E-state index in [4.69, 9.17) is 4.74 Å². The molecule has 0 aromatic heterocycles. The summed E-state index contributed by atoms with van der Waals surface area (Å²) in [5.74, 6) is 0.798. The Morgan fingerprint density at radius 2 is 2.07 bits per heavy atom. The van der Waals surface area contributed by atoms with Crippen molar-refractivity contribution in [3.63, 3.8) is 0 Å². The largest absolute Gasteiger partial charge is 0.450 e. The van der Waals surface area contributed by atoms with E-state index < -0.39 is 0 Å². The minimum Gasteiger partial charge on any atom is -0.450 e. The van der Waals surface area contributed by atoms with Crippen LogP contribution in [0.5, 0.6) is 0 Å². The van der Waals surface area contributed by atoms with Crippen LogP contribution < -0.4 is 5.32 Å². The van der Waals surface area contributed by atoms with Gasteiger partial charge in [-0.1, -0.05) is 6.92 Å². The van der Waals surface area contributed by atoms with Crippen LogP contribution in [0.1, 0.15) is 46.5 Å². The molecule has 3 nitrogen and oxygen atoms in total. The summed E-state index contributed by atoms with van der Waals surface area (Å²) in [6, 6.07) is 0. The van der Waals surface area contributed by atoms with Crippen molar-refractivity contribution in [2.75, 3.05) is 6.61 Å². The van der Waals surface area contributed by atoms with Gasteiger partial charge in [-0.2, -0.15) is 0 Å². The van der Waals surface area contributed by atoms with Crippen molar-refractivity contribution in [1.82, 2.24) is 5.32 Å². The topological polar surface area (TPSA) is 38.3 Å². The average molecular weight is 199 g/mol. The SMILES string of the molecule is CCOC(=O)NC1(C)CCC(C)CC1. The molecule has 0 heterocycles. The van der Waals surface area contributed by atoms with Gasteiger partial charge in [0.2, 0.25) is 0 Å². The zero-order chi connectivity index (χ0) is 10.6. The summed E-state index contributed by atoms with van der Waals surface area (Å²) in [4.78, 5) is 11.3. The molecule has 14 heavy (non-hydrogen) atoms. The number of amides is 1. The van der Waals surface area contributed by atoms with Crippen LogP contribution in [0.25, 0.3) is 0 Å². The number of carbonyl (C=O) groups excluding carboxylic acids is 1. The van der Waals surface area contributed by atoms with Gasteiger partial charge in [0.05, 0.1) is 6.61 Å². The van der Waals surface area contributed by atoms with E-state index in [1.54, 1.807) is 0 Å². The Hall–Kier alpha value is -0.730. The van der Waals surface area contributed by atoms with E-state index in [0.29, 0.717) is 6.61 Å². The van der Waals surface area contributed by atoms with Gasteiger partial charge in [-0.25, -0.2) is 4.79 Å². The predicted octanol–water partition coefficient (Wildman–Crippen LogP) is 2.70. The maximum Gasteiger partial charge on any atom is 0.407 e. The first kappa shape index (κ1) is 11.3. The maximum absolute atomic E-state index is 11.3. The minimum atomic E-state index is -0.274. The van der Waals surface area contributed by atoms with E-state index in [9.17, 15) is 4.79 Å². The second-order valence-electron chi connectivity index (χ2n) is 4.59. The summed E-state index contributed by atoms with van der Waals surface area (Å²) < 4.78 is 4.89. The van der Waals surface area contributed by atoms with E-state index in [0.717, 1.165) is 18.8 Å². The molecule has 1 aliphatic carbocycles. The Morgan fingerprint density at radius 1 is 1.50 bits per heavy atom. The number of ether oxygens (including phenoxy) is 1. The quantitative estimate of drug-likeness (QED) is 0.742. The number of hydrogen-bond acceptors (Lipinski definition) is 2. The lowest BCUT2D eigenvalue weighted by Gasteiger charge is -2.36. The lowest BCUT2D eigenvalue weighted by atomic mass is 9.78. The van der Waals surface area contributed by atoms with E-state index in [1.807, 2.05) is 6.92 Å². The smallest absolute Gasteiger partial charge is 0.407 e. The number of nitrogens with one attached hydrogen (secondary N) is 1. The zero-order valence-electron chi connectivity index (χ0n) is 9.43. The highest BCUT2D eigenvalue weighted by Gasteiger charge is 2.31. The third-order valence-corrected chi connectivity index (χ3v) is 3.06. The Balaban J connectivity index is 2.38. The van der Waals surface area contributed by atoms with Gasteiger partial charge < -0.3 is 10.1 Å². The molecule has 82 valence electrons. The highest BCUT2D eigenvalue weighted by Crippen LogP contribution is 2.31. The van der Waals surface area contributed by atoms with Crippen molar-refractivity contribution in [3.05, 3.63) is 0 Å². The third-order valence-electron chi connectivity index (χ3n) is 3.06. The van der Waals surface area contributed by atoms with Crippen LogP contribution in [-0.4, -0.2) is 18.2 Å².